The monoisotopic (exact) mass is 358 g/mol. The van der Waals surface area contributed by atoms with Gasteiger partial charge < -0.3 is 4.79 Å². The Hall–Kier alpha value is 1.09. The number of hydrogen-bond acceptors (Lipinski definition) is 2. The molecule has 8 heavy (non-hydrogen) atoms. The Labute approximate surface area is 78.6 Å². The summed E-state index contributed by atoms with van der Waals surface area (Å²) >= 11 is 8.32. The average molecular weight is 358 g/mol. The Kier molecular flexibility index (Phi) is 3.76. The molecule has 0 heterocycles. The smallest absolute Gasteiger partial charge is 0.254 e. The van der Waals surface area contributed by atoms with Crippen LogP contribution in [0, 0.1) is 0 Å². The van der Waals surface area contributed by atoms with E-state index in [0.29, 0.717) is 6.29 Å². The molecule has 0 aliphatic carbocycles. The zero-order chi connectivity index (χ0) is 6.78. The standard InChI is InChI=1S/C3HClI2O2/c4-2(8)3(5,6)1-7/h1H. The van der Waals surface area contributed by atoms with Crippen molar-refractivity contribution in [2.45, 2.75) is 1.43 Å². The zero-order valence-electron chi connectivity index (χ0n) is 3.53. The summed E-state index contributed by atoms with van der Waals surface area (Å²) in [5.41, 5.74) is 0. The van der Waals surface area contributed by atoms with Crippen molar-refractivity contribution in [3.8, 4) is 0 Å². The second kappa shape index (κ2) is 3.31. The predicted octanol–water partition coefficient (Wildman–Crippen LogP) is 1.52. The Morgan fingerprint density at radius 3 is 2.00 bits per heavy atom. The summed E-state index contributed by atoms with van der Waals surface area (Å²) in [6.45, 7) is 0. The van der Waals surface area contributed by atoms with Crippen molar-refractivity contribution in [2.24, 2.45) is 0 Å². The number of carbonyl (C=O) groups is 2. The van der Waals surface area contributed by atoms with E-state index in [1.54, 1.807) is 45.2 Å². The molecular weight excluding hydrogens is 357 g/mol. The van der Waals surface area contributed by atoms with Gasteiger partial charge in [0.15, 0.2) is 6.29 Å². The van der Waals surface area contributed by atoms with Crippen LogP contribution in [0.4, 0.5) is 0 Å². The van der Waals surface area contributed by atoms with Gasteiger partial charge in [-0.1, -0.05) is 0 Å². The van der Waals surface area contributed by atoms with Crippen LogP contribution in [0.1, 0.15) is 0 Å². The largest absolute Gasteiger partial charge is 0.300 e. The van der Waals surface area contributed by atoms with Gasteiger partial charge in [-0.25, -0.2) is 0 Å². The molecule has 0 unspecified atom stereocenters. The van der Waals surface area contributed by atoms with Crippen LogP contribution < -0.4 is 0 Å². The van der Waals surface area contributed by atoms with Gasteiger partial charge in [0.1, 0.15) is 0 Å². The molecule has 0 fully saturated rings. The maximum absolute atomic E-state index is 10.2. The van der Waals surface area contributed by atoms with Gasteiger partial charge in [0.05, 0.1) is 0 Å². The molecule has 2 nitrogen and oxygen atoms in total. The molecular formula is C3HClI2O2. The van der Waals surface area contributed by atoms with E-state index in [1.165, 1.54) is 0 Å². The van der Waals surface area contributed by atoms with Crippen LogP contribution >= 0.6 is 56.8 Å². The molecule has 46 valence electrons. The fourth-order valence-electron chi connectivity index (χ4n) is 0.0463. The molecule has 0 aliphatic heterocycles. The van der Waals surface area contributed by atoms with Crippen molar-refractivity contribution in [3.63, 3.8) is 0 Å². The third-order valence-electron chi connectivity index (χ3n) is 0.410. The van der Waals surface area contributed by atoms with Gasteiger partial charge >= 0.3 is 0 Å². The Morgan fingerprint density at radius 2 is 2.00 bits per heavy atom. The Balaban J connectivity index is 4.12. The fourth-order valence-corrected chi connectivity index (χ4v) is 0.0909. The lowest BCUT2D eigenvalue weighted by Gasteiger charge is -2.02. The van der Waals surface area contributed by atoms with Gasteiger partial charge in [0.25, 0.3) is 5.24 Å². The number of rotatable bonds is 2. The highest BCUT2D eigenvalue weighted by Gasteiger charge is 2.29. The molecule has 0 amide bonds. The average Bonchev–Trinajstić information content (AvgIpc) is 1.67. The summed E-state index contributed by atoms with van der Waals surface area (Å²) in [4.78, 5) is 20.2. The predicted molar refractivity (Wildman–Crippen MR) is 47.7 cm³/mol. The number of alkyl halides is 2. The third kappa shape index (κ3) is 2.58. The van der Waals surface area contributed by atoms with Gasteiger partial charge in [-0.05, 0) is 56.8 Å². The van der Waals surface area contributed by atoms with Crippen molar-refractivity contribution in [1.29, 1.82) is 0 Å². The maximum Gasteiger partial charge on any atom is 0.254 e. The van der Waals surface area contributed by atoms with Crippen LogP contribution in [-0.2, 0) is 9.59 Å². The molecule has 0 aromatic carbocycles. The first kappa shape index (κ1) is 9.09. The summed E-state index contributed by atoms with van der Waals surface area (Å²) in [7, 11) is 0. The molecule has 0 bridgehead atoms. The zero-order valence-corrected chi connectivity index (χ0v) is 8.60. The van der Waals surface area contributed by atoms with Crippen LogP contribution in [0.5, 0.6) is 0 Å². The second-order valence-electron chi connectivity index (χ2n) is 1.01. The van der Waals surface area contributed by atoms with E-state index in [0.717, 1.165) is 0 Å². The van der Waals surface area contributed by atoms with E-state index >= 15 is 0 Å². The van der Waals surface area contributed by atoms with Crippen LogP contribution in [0.25, 0.3) is 0 Å². The molecule has 0 saturated carbocycles. The van der Waals surface area contributed by atoms with Gasteiger partial charge in [0.2, 0.25) is 1.43 Å². The molecule has 0 aliphatic rings. The van der Waals surface area contributed by atoms with E-state index in [4.69, 9.17) is 11.6 Å². The van der Waals surface area contributed by atoms with Crippen molar-refractivity contribution in [1.82, 2.24) is 0 Å². The number of hydrogen-bond donors (Lipinski definition) is 0. The summed E-state index contributed by atoms with van der Waals surface area (Å²) in [5.74, 6) is 0. The molecule has 0 atom stereocenters. The fraction of sp³-hybridized carbons (Fsp3) is 0.333. The van der Waals surface area contributed by atoms with Gasteiger partial charge in [-0.3, -0.25) is 4.79 Å². The highest BCUT2D eigenvalue weighted by Crippen LogP contribution is 2.27. The minimum Gasteiger partial charge on any atom is -0.300 e. The lowest BCUT2D eigenvalue weighted by molar-refractivity contribution is -0.116. The number of aldehydes is 1. The summed E-state index contributed by atoms with van der Waals surface area (Å²) in [6, 6.07) is 0. The van der Waals surface area contributed by atoms with Crippen LogP contribution in [0.3, 0.4) is 0 Å². The molecule has 5 heteroatoms. The van der Waals surface area contributed by atoms with Gasteiger partial charge in [-0.2, -0.15) is 0 Å². The topological polar surface area (TPSA) is 34.1 Å². The first-order valence-electron chi connectivity index (χ1n) is 1.55. The first-order chi connectivity index (χ1) is 3.50. The Bertz CT molecular complexity index is 122. The van der Waals surface area contributed by atoms with Gasteiger partial charge in [0, 0.05) is 0 Å². The third-order valence-corrected chi connectivity index (χ3v) is 2.83. The molecule has 0 radical (unpaired) electrons. The maximum atomic E-state index is 10.2. The second-order valence-corrected chi connectivity index (χ2v) is 6.83. The SMILES string of the molecule is O=CC(I)(I)C(=O)Cl. The molecule has 0 aromatic heterocycles. The van der Waals surface area contributed by atoms with E-state index in [2.05, 4.69) is 0 Å². The van der Waals surface area contributed by atoms with Crippen LogP contribution in [0.2, 0.25) is 0 Å². The highest BCUT2D eigenvalue weighted by atomic mass is 127. The molecule has 0 rings (SSSR count). The van der Waals surface area contributed by atoms with E-state index in [1.807, 2.05) is 0 Å². The minimum absolute atomic E-state index is 0.503. The minimum atomic E-state index is -1.07. The van der Waals surface area contributed by atoms with Crippen LogP contribution in [-0.4, -0.2) is 13.0 Å². The van der Waals surface area contributed by atoms with E-state index in [9.17, 15) is 9.59 Å². The van der Waals surface area contributed by atoms with E-state index < -0.39 is 6.67 Å². The lowest BCUT2D eigenvalue weighted by Crippen LogP contribution is -2.20. The lowest BCUT2D eigenvalue weighted by atomic mass is 10.5. The van der Waals surface area contributed by atoms with Crippen LogP contribution in [0.15, 0.2) is 0 Å². The Morgan fingerprint density at radius 1 is 1.62 bits per heavy atom. The molecule has 0 aromatic rings. The first-order valence-corrected chi connectivity index (χ1v) is 4.08. The summed E-state index contributed by atoms with van der Waals surface area (Å²) in [6.07, 6.45) is 0.503. The summed E-state index contributed by atoms with van der Waals surface area (Å²) in [5, 5.41) is -0.645. The normalized spacial score (nSPS) is 10.9. The molecule has 0 spiro atoms. The van der Waals surface area contributed by atoms with Crippen molar-refractivity contribution < 1.29 is 9.59 Å². The van der Waals surface area contributed by atoms with Crippen molar-refractivity contribution in [3.05, 3.63) is 0 Å². The number of halogens is 3. The van der Waals surface area contributed by atoms with Gasteiger partial charge in [-0.15, -0.1) is 0 Å². The quantitative estimate of drug-likeness (QED) is 0.247. The molecule has 0 N–H and O–H groups in total. The number of carbonyl (C=O) groups excluding carboxylic acids is 2. The molecule has 0 saturated heterocycles. The highest BCUT2D eigenvalue weighted by molar-refractivity contribution is 14.2. The van der Waals surface area contributed by atoms with E-state index in [-0.39, 0.29) is 0 Å². The summed E-state index contributed by atoms with van der Waals surface area (Å²) < 4.78 is -1.07. The van der Waals surface area contributed by atoms with Crippen molar-refractivity contribution in [2.75, 3.05) is 0 Å². The van der Waals surface area contributed by atoms with Crippen molar-refractivity contribution >= 4 is 68.3 Å².